The minimum atomic E-state index is -4.83. The molecule has 0 spiro atoms. The molecular formula is C23H15Cl2F5N4O. The molecule has 4 rings (SSSR count). The van der Waals surface area contributed by atoms with E-state index in [1.54, 1.807) is 13.8 Å². The van der Waals surface area contributed by atoms with Crippen LogP contribution in [0.5, 0.6) is 0 Å². The number of nitrogens with one attached hydrogen (secondary N) is 1. The van der Waals surface area contributed by atoms with Crippen LogP contribution in [0.1, 0.15) is 33.0 Å². The first kappa shape index (κ1) is 24.9. The Morgan fingerprint density at radius 2 is 1.80 bits per heavy atom. The average molecular weight is 529 g/mol. The number of hydrogen-bond acceptors (Lipinski definition) is 3. The summed E-state index contributed by atoms with van der Waals surface area (Å²) >= 11 is 12.1. The number of alkyl halides is 3. The highest BCUT2D eigenvalue weighted by atomic mass is 35.5. The summed E-state index contributed by atoms with van der Waals surface area (Å²) in [5.74, 6) is -2.37. The number of rotatable bonds is 4. The summed E-state index contributed by atoms with van der Waals surface area (Å²) in [7, 11) is 0. The van der Waals surface area contributed by atoms with E-state index in [-0.39, 0.29) is 44.3 Å². The van der Waals surface area contributed by atoms with Crippen molar-refractivity contribution in [3.05, 3.63) is 86.3 Å². The standard InChI is InChI=1S/C23H15Cl2F5N4O/c1-10-20(11(2)34(33-10)9-12-3-4-14(26)7-18(12)27)32-22(35)16-8-19(23(28,29)30)31-21-15(16)5-13(24)6-17(21)25/h3-8H,9H2,1-2H3,(H,32,35). The van der Waals surface area contributed by atoms with E-state index in [1.807, 2.05) is 0 Å². The van der Waals surface area contributed by atoms with Crippen LogP contribution >= 0.6 is 23.2 Å². The molecule has 0 atom stereocenters. The lowest BCUT2D eigenvalue weighted by molar-refractivity contribution is -0.140. The zero-order valence-corrected chi connectivity index (χ0v) is 19.6. The van der Waals surface area contributed by atoms with E-state index >= 15 is 0 Å². The van der Waals surface area contributed by atoms with Gasteiger partial charge in [-0.15, -0.1) is 0 Å². The molecule has 4 aromatic rings. The fourth-order valence-corrected chi connectivity index (χ4v) is 4.14. The molecule has 0 radical (unpaired) electrons. The second-order valence-corrected chi connectivity index (χ2v) is 8.57. The molecule has 1 N–H and O–H groups in total. The van der Waals surface area contributed by atoms with Crippen LogP contribution in [0.2, 0.25) is 10.0 Å². The molecule has 182 valence electrons. The van der Waals surface area contributed by atoms with Crippen LogP contribution in [0, 0.1) is 25.5 Å². The molecule has 2 heterocycles. The van der Waals surface area contributed by atoms with Crippen molar-refractivity contribution in [3.8, 4) is 0 Å². The Bertz CT molecular complexity index is 1480. The van der Waals surface area contributed by atoms with Crippen LogP contribution < -0.4 is 5.32 Å². The molecule has 0 fully saturated rings. The first-order valence-corrected chi connectivity index (χ1v) is 10.8. The van der Waals surface area contributed by atoms with Crippen LogP contribution in [0.4, 0.5) is 27.6 Å². The first-order valence-electron chi connectivity index (χ1n) is 10.0. The summed E-state index contributed by atoms with van der Waals surface area (Å²) < 4.78 is 69.1. The molecular weight excluding hydrogens is 514 g/mol. The molecule has 5 nitrogen and oxygen atoms in total. The Hall–Kier alpha value is -3.24. The minimum Gasteiger partial charge on any atom is -0.319 e. The number of pyridine rings is 1. The van der Waals surface area contributed by atoms with Crippen molar-refractivity contribution >= 4 is 45.7 Å². The van der Waals surface area contributed by atoms with Crippen LogP contribution in [-0.2, 0) is 12.7 Å². The molecule has 0 saturated carbocycles. The molecule has 0 bridgehead atoms. The Balaban J connectivity index is 1.74. The van der Waals surface area contributed by atoms with Crippen molar-refractivity contribution in [1.82, 2.24) is 14.8 Å². The lowest BCUT2D eigenvalue weighted by Gasteiger charge is -2.13. The van der Waals surface area contributed by atoms with Crippen LogP contribution in [0.15, 0.2) is 36.4 Å². The Kier molecular flexibility index (Phi) is 6.46. The van der Waals surface area contributed by atoms with Gasteiger partial charge in [0.05, 0.1) is 39.7 Å². The van der Waals surface area contributed by atoms with Crippen LogP contribution in [-0.4, -0.2) is 20.7 Å². The molecule has 0 aliphatic heterocycles. The quantitative estimate of drug-likeness (QED) is 0.291. The van der Waals surface area contributed by atoms with E-state index < -0.39 is 29.4 Å². The second kappa shape index (κ2) is 9.09. The molecule has 0 saturated heterocycles. The summed E-state index contributed by atoms with van der Waals surface area (Å²) in [5, 5.41) is 6.85. The van der Waals surface area contributed by atoms with E-state index in [2.05, 4.69) is 15.4 Å². The largest absolute Gasteiger partial charge is 0.433 e. The molecule has 2 aromatic carbocycles. The number of carbonyl (C=O) groups excluding carboxylic acids is 1. The predicted octanol–water partition coefficient (Wildman–Crippen LogP) is 6.95. The lowest BCUT2D eigenvalue weighted by atomic mass is 10.1. The lowest BCUT2D eigenvalue weighted by Crippen LogP contribution is -2.17. The van der Waals surface area contributed by atoms with Crippen LogP contribution in [0.3, 0.4) is 0 Å². The van der Waals surface area contributed by atoms with Gasteiger partial charge >= 0.3 is 6.18 Å². The zero-order chi connectivity index (χ0) is 25.7. The maximum absolute atomic E-state index is 14.1. The summed E-state index contributed by atoms with van der Waals surface area (Å²) in [6.45, 7) is 3.10. The number of fused-ring (bicyclic) bond motifs is 1. The number of carbonyl (C=O) groups is 1. The third-order valence-corrected chi connectivity index (χ3v) is 5.83. The van der Waals surface area contributed by atoms with Crippen molar-refractivity contribution < 1.29 is 26.7 Å². The number of hydrogen-bond donors (Lipinski definition) is 1. The number of anilines is 1. The zero-order valence-electron chi connectivity index (χ0n) is 18.1. The smallest absolute Gasteiger partial charge is 0.319 e. The topological polar surface area (TPSA) is 59.8 Å². The van der Waals surface area contributed by atoms with E-state index in [4.69, 9.17) is 23.2 Å². The highest BCUT2D eigenvalue weighted by Gasteiger charge is 2.34. The molecule has 0 aliphatic carbocycles. The summed E-state index contributed by atoms with van der Waals surface area (Å²) in [4.78, 5) is 16.7. The van der Waals surface area contributed by atoms with Gasteiger partial charge in [0.25, 0.3) is 5.91 Å². The van der Waals surface area contributed by atoms with Crippen molar-refractivity contribution in [2.24, 2.45) is 0 Å². The van der Waals surface area contributed by atoms with Gasteiger partial charge in [-0.2, -0.15) is 18.3 Å². The number of nitrogens with zero attached hydrogens (tertiary/aromatic N) is 3. The van der Waals surface area contributed by atoms with Gasteiger partial charge in [0.15, 0.2) is 0 Å². The summed E-state index contributed by atoms with van der Waals surface area (Å²) in [6, 6.07) is 6.27. The molecule has 35 heavy (non-hydrogen) atoms. The SMILES string of the molecule is Cc1nn(Cc2ccc(F)cc2F)c(C)c1NC(=O)c1cc(C(F)(F)F)nc2c(Cl)cc(Cl)cc12. The van der Waals surface area contributed by atoms with Gasteiger partial charge in [0.1, 0.15) is 17.3 Å². The van der Waals surface area contributed by atoms with E-state index in [1.165, 1.54) is 22.9 Å². The normalized spacial score (nSPS) is 11.8. The van der Waals surface area contributed by atoms with Crippen molar-refractivity contribution in [1.29, 1.82) is 0 Å². The van der Waals surface area contributed by atoms with E-state index in [0.717, 1.165) is 12.1 Å². The Morgan fingerprint density at radius 1 is 1.09 bits per heavy atom. The number of halogens is 7. The highest BCUT2D eigenvalue weighted by molar-refractivity contribution is 6.39. The maximum Gasteiger partial charge on any atom is 0.433 e. The second-order valence-electron chi connectivity index (χ2n) is 7.73. The molecule has 12 heteroatoms. The molecule has 0 unspecified atom stereocenters. The summed E-state index contributed by atoms with van der Waals surface area (Å²) in [5.41, 5.74) is -0.739. The average Bonchev–Trinajstić information content (AvgIpc) is 3.01. The third-order valence-electron chi connectivity index (χ3n) is 5.32. The summed E-state index contributed by atoms with van der Waals surface area (Å²) in [6.07, 6.45) is -4.83. The molecule has 0 aliphatic rings. The Morgan fingerprint density at radius 3 is 2.46 bits per heavy atom. The van der Waals surface area contributed by atoms with E-state index in [9.17, 15) is 26.7 Å². The van der Waals surface area contributed by atoms with Crippen LogP contribution in [0.25, 0.3) is 10.9 Å². The maximum atomic E-state index is 14.1. The van der Waals surface area contributed by atoms with Gasteiger partial charge in [-0.1, -0.05) is 29.3 Å². The van der Waals surface area contributed by atoms with Crippen molar-refractivity contribution in [2.75, 3.05) is 5.32 Å². The van der Waals surface area contributed by atoms with Crippen molar-refractivity contribution in [3.63, 3.8) is 0 Å². The Labute approximate surface area is 205 Å². The molecule has 1 amide bonds. The fraction of sp³-hybridized carbons (Fsp3) is 0.174. The van der Waals surface area contributed by atoms with Gasteiger partial charge in [0.2, 0.25) is 0 Å². The number of amides is 1. The predicted molar refractivity (Wildman–Crippen MR) is 122 cm³/mol. The van der Waals surface area contributed by atoms with Gasteiger partial charge < -0.3 is 5.32 Å². The number of benzene rings is 2. The van der Waals surface area contributed by atoms with Crippen molar-refractivity contribution in [2.45, 2.75) is 26.6 Å². The van der Waals surface area contributed by atoms with Gasteiger partial charge in [0, 0.05) is 22.0 Å². The minimum absolute atomic E-state index is 0.0316. The van der Waals surface area contributed by atoms with Gasteiger partial charge in [-0.25, -0.2) is 13.8 Å². The first-order chi connectivity index (χ1) is 16.3. The number of aryl methyl sites for hydroxylation is 1. The third kappa shape index (κ3) is 4.94. The van der Waals surface area contributed by atoms with E-state index in [0.29, 0.717) is 17.5 Å². The monoisotopic (exact) mass is 528 g/mol. The highest BCUT2D eigenvalue weighted by Crippen LogP contribution is 2.35. The molecule has 2 aromatic heterocycles. The fourth-order valence-electron chi connectivity index (χ4n) is 3.61. The number of aromatic nitrogens is 3. The van der Waals surface area contributed by atoms with Gasteiger partial charge in [-0.3, -0.25) is 9.48 Å². The van der Waals surface area contributed by atoms with Gasteiger partial charge in [-0.05, 0) is 38.1 Å².